The lowest BCUT2D eigenvalue weighted by molar-refractivity contribution is -0.122. The fourth-order valence-corrected chi connectivity index (χ4v) is 3.35. The first kappa shape index (κ1) is 18.4. The molecule has 2 aromatic carbocycles. The molecule has 0 aromatic heterocycles. The van der Waals surface area contributed by atoms with Gasteiger partial charge in [-0.25, -0.2) is 8.42 Å². The van der Waals surface area contributed by atoms with Crippen LogP contribution in [0, 0.1) is 6.92 Å². The van der Waals surface area contributed by atoms with E-state index in [-0.39, 0.29) is 4.90 Å². The molecular weight excluding hydrogens is 348 g/mol. The average Bonchev–Trinajstić information content (AvgIpc) is 2.54. The molecule has 0 saturated carbocycles. The summed E-state index contributed by atoms with van der Waals surface area (Å²) in [4.78, 5) is 12.1. The van der Waals surface area contributed by atoms with Crippen LogP contribution in [0.15, 0.2) is 53.4 Å². The van der Waals surface area contributed by atoms with Gasteiger partial charge in [-0.3, -0.25) is 4.79 Å². The van der Waals surface area contributed by atoms with Crippen LogP contribution in [0.3, 0.4) is 0 Å². The SMILES string of the molecule is Cc1ccc(CNC(=O)[C@H](C)NS(=O)(=O)c2ccc(Cl)cc2)cc1. The summed E-state index contributed by atoms with van der Waals surface area (Å²) in [6.45, 7) is 3.82. The standard InChI is InChI=1S/C17H19ClN2O3S/c1-12-3-5-14(6-4-12)11-19-17(21)13(2)20-24(22,23)16-9-7-15(18)8-10-16/h3-10,13,20H,11H2,1-2H3,(H,19,21)/t13-/m0/s1. The molecule has 24 heavy (non-hydrogen) atoms. The third kappa shape index (κ3) is 5.06. The third-order valence-electron chi connectivity index (χ3n) is 3.44. The van der Waals surface area contributed by atoms with Gasteiger partial charge in [0.05, 0.1) is 10.9 Å². The summed E-state index contributed by atoms with van der Waals surface area (Å²) in [7, 11) is -3.78. The van der Waals surface area contributed by atoms with Gasteiger partial charge in [0, 0.05) is 11.6 Å². The summed E-state index contributed by atoms with van der Waals surface area (Å²) in [5, 5.41) is 3.16. The zero-order chi connectivity index (χ0) is 17.7. The van der Waals surface area contributed by atoms with Crippen molar-refractivity contribution in [2.45, 2.75) is 31.3 Å². The lowest BCUT2D eigenvalue weighted by Gasteiger charge is -2.14. The number of amides is 1. The van der Waals surface area contributed by atoms with Gasteiger partial charge in [-0.15, -0.1) is 0 Å². The minimum absolute atomic E-state index is 0.0603. The first-order valence-corrected chi connectivity index (χ1v) is 9.25. The molecule has 1 amide bonds. The maximum absolute atomic E-state index is 12.2. The highest BCUT2D eigenvalue weighted by Crippen LogP contribution is 2.14. The zero-order valence-corrected chi connectivity index (χ0v) is 15.0. The van der Waals surface area contributed by atoms with Crippen LogP contribution in [0.2, 0.25) is 5.02 Å². The van der Waals surface area contributed by atoms with Gasteiger partial charge in [0.2, 0.25) is 15.9 Å². The highest BCUT2D eigenvalue weighted by molar-refractivity contribution is 7.89. The van der Waals surface area contributed by atoms with Crippen LogP contribution in [0.25, 0.3) is 0 Å². The molecule has 128 valence electrons. The van der Waals surface area contributed by atoms with Crippen molar-refractivity contribution < 1.29 is 13.2 Å². The normalized spacial score (nSPS) is 12.6. The molecule has 0 heterocycles. The van der Waals surface area contributed by atoms with Gasteiger partial charge in [0.25, 0.3) is 0 Å². The maximum atomic E-state index is 12.2. The predicted octanol–water partition coefficient (Wildman–Crippen LogP) is 2.63. The van der Waals surface area contributed by atoms with Crippen LogP contribution < -0.4 is 10.0 Å². The molecule has 0 aliphatic rings. The van der Waals surface area contributed by atoms with Crippen molar-refractivity contribution in [3.8, 4) is 0 Å². The molecule has 1 atom stereocenters. The molecule has 0 bridgehead atoms. The minimum Gasteiger partial charge on any atom is -0.351 e. The highest BCUT2D eigenvalue weighted by Gasteiger charge is 2.21. The van der Waals surface area contributed by atoms with E-state index < -0.39 is 22.0 Å². The lowest BCUT2D eigenvalue weighted by Crippen LogP contribution is -2.44. The van der Waals surface area contributed by atoms with Crippen molar-refractivity contribution in [1.82, 2.24) is 10.0 Å². The van der Waals surface area contributed by atoms with Crippen LogP contribution in [-0.4, -0.2) is 20.4 Å². The Morgan fingerprint density at radius 1 is 1.08 bits per heavy atom. The van der Waals surface area contributed by atoms with Crippen LogP contribution in [0.5, 0.6) is 0 Å². The fourth-order valence-electron chi connectivity index (χ4n) is 2.02. The molecular formula is C17H19ClN2O3S. The third-order valence-corrected chi connectivity index (χ3v) is 5.25. The van der Waals surface area contributed by atoms with E-state index in [0.717, 1.165) is 11.1 Å². The second kappa shape index (κ2) is 7.79. The Bertz CT molecular complexity index is 803. The molecule has 0 unspecified atom stereocenters. The van der Waals surface area contributed by atoms with Crippen LogP contribution in [-0.2, 0) is 21.4 Å². The van der Waals surface area contributed by atoms with E-state index in [4.69, 9.17) is 11.6 Å². The zero-order valence-electron chi connectivity index (χ0n) is 13.4. The van der Waals surface area contributed by atoms with Crippen LogP contribution in [0.4, 0.5) is 0 Å². The van der Waals surface area contributed by atoms with Gasteiger partial charge < -0.3 is 5.32 Å². The molecule has 7 heteroatoms. The topological polar surface area (TPSA) is 75.3 Å². The van der Waals surface area contributed by atoms with E-state index in [1.54, 1.807) is 0 Å². The number of benzene rings is 2. The Morgan fingerprint density at radius 2 is 1.67 bits per heavy atom. The van der Waals surface area contributed by atoms with Crippen LogP contribution >= 0.6 is 11.6 Å². The van der Waals surface area contributed by atoms with Crippen molar-refractivity contribution in [3.63, 3.8) is 0 Å². The van der Waals surface area contributed by atoms with Gasteiger partial charge >= 0.3 is 0 Å². The summed E-state index contributed by atoms with van der Waals surface area (Å²) in [5.74, 6) is -0.395. The van der Waals surface area contributed by atoms with Crippen molar-refractivity contribution in [2.24, 2.45) is 0 Å². The van der Waals surface area contributed by atoms with Crippen molar-refractivity contribution >= 4 is 27.5 Å². The highest BCUT2D eigenvalue weighted by atomic mass is 35.5. The summed E-state index contributed by atoms with van der Waals surface area (Å²) in [6.07, 6.45) is 0. The molecule has 2 rings (SSSR count). The Kier molecular flexibility index (Phi) is 5.99. The van der Waals surface area contributed by atoms with Gasteiger partial charge in [-0.1, -0.05) is 41.4 Å². The van der Waals surface area contributed by atoms with E-state index >= 15 is 0 Å². The van der Waals surface area contributed by atoms with Crippen molar-refractivity contribution in [2.75, 3.05) is 0 Å². The molecule has 0 radical (unpaired) electrons. The molecule has 0 saturated heterocycles. The summed E-state index contributed by atoms with van der Waals surface area (Å²) >= 11 is 5.75. The van der Waals surface area contributed by atoms with E-state index in [1.165, 1.54) is 31.2 Å². The second-order valence-electron chi connectivity index (χ2n) is 5.50. The molecule has 0 aliphatic heterocycles. The largest absolute Gasteiger partial charge is 0.351 e. The lowest BCUT2D eigenvalue weighted by atomic mass is 10.1. The number of carbonyl (C=O) groups is 1. The maximum Gasteiger partial charge on any atom is 0.241 e. The molecule has 2 aromatic rings. The van der Waals surface area contributed by atoms with Gasteiger partial charge in [0.1, 0.15) is 0 Å². The predicted molar refractivity (Wildman–Crippen MR) is 94.3 cm³/mol. The van der Waals surface area contributed by atoms with Crippen molar-refractivity contribution in [1.29, 1.82) is 0 Å². The van der Waals surface area contributed by atoms with Gasteiger partial charge in [-0.05, 0) is 43.7 Å². The van der Waals surface area contributed by atoms with Crippen molar-refractivity contribution in [3.05, 3.63) is 64.7 Å². The molecule has 2 N–H and O–H groups in total. The Balaban J connectivity index is 1.95. The Hall–Kier alpha value is -1.89. The quantitative estimate of drug-likeness (QED) is 0.825. The number of hydrogen-bond donors (Lipinski definition) is 2. The van der Waals surface area contributed by atoms with E-state index in [9.17, 15) is 13.2 Å². The van der Waals surface area contributed by atoms with E-state index in [2.05, 4.69) is 10.0 Å². The van der Waals surface area contributed by atoms with E-state index in [1.807, 2.05) is 31.2 Å². The first-order chi connectivity index (χ1) is 11.3. The summed E-state index contributed by atoms with van der Waals surface area (Å²) in [6, 6.07) is 12.6. The Labute approximate surface area is 147 Å². The fraction of sp³-hybridized carbons (Fsp3) is 0.235. The van der Waals surface area contributed by atoms with Gasteiger partial charge in [-0.2, -0.15) is 4.72 Å². The number of hydrogen-bond acceptors (Lipinski definition) is 3. The number of aryl methyl sites for hydroxylation is 1. The van der Waals surface area contributed by atoms with Crippen LogP contribution in [0.1, 0.15) is 18.1 Å². The number of rotatable bonds is 6. The molecule has 0 spiro atoms. The number of nitrogens with one attached hydrogen (secondary N) is 2. The number of carbonyl (C=O) groups excluding carboxylic acids is 1. The van der Waals surface area contributed by atoms with E-state index in [0.29, 0.717) is 11.6 Å². The number of halogens is 1. The molecule has 0 aliphatic carbocycles. The smallest absolute Gasteiger partial charge is 0.241 e. The first-order valence-electron chi connectivity index (χ1n) is 7.39. The molecule has 0 fully saturated rings. The molecule has 5 nitrogen and oxygen atoms in total. The average molecular weight is 367 g/mol. The summed E-state index contributed by atoms with van der Waals surface area (Å²) < 4.78 is 26.8. The monoisotopic (exact) mass is 366 g/mol. The second-order valence-corrected chi connectivity index (χ2v) is 7.65. The van der Waals surface area contributed by atoms with Gasteiger partial charge in [0.15, 0.2) is 0 Å². The number of sulfonamides is 1. The summed E-state index contributed by atoms with van der Waals surface area (Å²) in [5.41, 5.74) is 2.08. The Morgan fingerprint density at radius 3 is 2.25 bits per heavy atom. The minimum atomic E-state index is -3.78.